The topological polar surface area (TPSA) is 100 Å². The predicted octanol–water partition coefficient (Wildman–Crippen LogP) is 2.80. The number of nitrogens with two attached hydrogens (primary N) is 1. The number of ether oxygens (including phenoxy) is 1. The highest BCUT2D eigenvalue weighted by atomic mass is 32.2. The van der Waals surface area contributed by atoms with Gasteiger partial charge in [-0.15, -0.1) is 0 Å². The lowest BCUT2D eigenvalue weighted by Gasteiger charge is -2.07. The van der Waals surface area contributed by atoms with Crippen LogP contribution in [0.25, 0.3) is 22.2 Å². The van der Waals surface area contributed by atoms with Crippen molar-refractivity contribution in [3.05, 3.63) is 72.4 Å². The summed E-state index contributed by atoms with van der Waals surface area (Å²) in [6.45, 7) is 0.427. The third-order valence-corrected chi connectivity index (χ3v) is 5.38. The van der Waals surface area contributed by atoms with E-state index in [0.717, 1.165) is 27.7 Å². The first-order valence-electron chi connectivity index (χ1n) is 8.54. The lowest BCUT2D eigenvalue weighted by atomic mass is 10.1. The summed E-state index contributed by atoms with van der Waals surface area (Å²) in [5.74, 6) is 0.480. The standard InChI is InChI=1S/C20H18N4O3S/c1-27-20-19-17(11-12-22-20)18(15-5-3-2-4-6-15)23-24(19)13-14-7-9-16(10-8-14)28(21,25)26/h2-12H,13H2,1H3,(H2,21,25,26). The number of fused-ring (bicyclic) bond motifs is 1. The smallest absolute Gasteiger partial charge is 0.239 e. The van der Waals surface area contributed by atoms with Crippen molar-refractivity contribution >= 4 is 20.9 Å². The van der Waals surface area contributed by atoms with Crippen LogP contribution >= 0.6 is 0 Å². The fourth-order valence-corrected chi connectivity index (χ4v) is 3.65. The van der Waals surface area contributed by atoms with Crippen LogP contribution in [0.5, 0.6) is 5.88 Å². The van der Waals surface area contributed by atoms with Crippen molar-refractivity contribution < 1.29 is 13.2 Å². The highest BCUT2D eigenvalue weighted by Gasteiger charge is 2.17. The number of nitrogens with zero attached hydrogens (tertiary/aromatic N) is 3. The number of rotatable bonds is 5. The molecule has 2 heterocycles. The summed E-state index contributed by atoms with van der Waals surface area (Å²) in [5, 5.41) is 10.9. The summed E-state index contributed by atoms with van der Waals surface area (Å²) in [6, 6.07) is 18.2. The van der Waals surface area contributed by atoms with Crippen molar-refractivity contribution in [3.63, 3.8) is 0 Å². The Morgan fingerprint density at radius 1 is 1.04 bits per heavy atom. The van der Waals surface area contributed by atoms with E-state index in [2.05, 4.69) is 4.98 Å². The van der Waals surface area contributed by atoms with Crippen molar-refractivity contribution in [2.45, 2.75) is 11.4 Å². The summed E-state index contributed by atoms with van der Waals surface area (Å²) in [4.78, 5) is 4.38. The fourth-order valence-electron chi connectivity index (χ4n) is 3.13. The largest absolute Gasteiger partial charge is 0.479 e. The van der Waals surface area contributed by atoms with E-state index in [4.69, 9.17) is 15.0 Å². The first-order chi connectivity index (χ1) is 13.5. The number of benzene rings is 2. The molecule has 0 aliphatic carbocycles. The van der Waals surface area contributed by atoms with Crippen LogP contribution < -0.4 is 9.88 Å². The molecule has 0 saturated heterocycles. The normalized spacial score (nSPS) is 11.6. The molecular weight excluding hydrogens is 376 g/mol. The van der Waals surface area contributed by atoms with Gasteiger partial charge in [-0.25, -0.2) is 18.5 Å². The van der Waals surface area contributed by atoms with Crippen molar-refractivity contribution in [2.24, 2.45) is 5.14 Å². The van der Waals surface area contributed by atoms with Crippen LogP contribution in [-0.2, 0) is 16.6 Å². The maximum absolute atomic E-state index is 11.5. The molecule has 4 aromatic rings. The molecule has 0 radical (unpaired) electrons. The maximum Gasteiger partial charge on any atom is 0.239 e. The van der Waals surface area contributed by atoms with Gasteiger partial charge in [0.15, 0.2) is 0 Å². The van der Waals surface area contributed by atoms with Crippen molar-refractivity contribution in [1.29, 1.82) is 0 Å². The minimum absolute atomic E-state index is 0.0748. The minimum atomic E-state index is -3.72. The Kier molecular flexibility index (Phi) is 4.58. The van der Waals surface area contributed by atoms with Gasteiger partial charge >= 0.3 is 0 Å². The minimum Gasteiger partial charge on any atom is -0.479 e. The van der Waals surface area contributed by atoms with Crippen molar-refractivity contribution in [1.82, 2.24) is 14.8 Å². The lowest BCUT2D eigenvalue weighted by molar-refractivity contribution is 0.400. The van der Waals surface area contributed by atoms with Gasteiger partial charge in [0.25, 0.3) is 0 Å². The molecule has 4 rings (SSSR count). The second-order valence-corrected chi connectivity index (χ2v) is 7.84. The summed E-state index contributed by atoms with van der Waals surface area (Å²) in [5.41, 5.74) is 3.48. The number of sulfonamides is 1. The second kappa shape index (κ2) is 7.06. The molecule has 142 valence electrons. The van der Waals surface area contributed by atoms with Gasteiger partial charge in [-0.05, 0) is 23.8 Å². The Morgan fingerprint density at radius 3 is 2.39 bits per heavy atom. The molecule has 2 N–H and O–H groups in total. The zero-order valence-corrected chi connectivity index (χ0v) is 15.9. The molecule has 0 amide bonds. The van der Waals surface area contributed by atoms with E-state index in [1.54, 1.807) is 25.4 Å². The number of pyridine rings is 1. The highest BCUT2D eigenvalue weighted by Crippen LogP contribution is 2.32. The van der Waals surface area contributed by atoms with Crippen molar-refractivity contribution in [3.8, 4) is 17.1 Å². The summed E-state index contributed by atoms with van der Waals surface area (Å²) in [7, 11) is -2.15. The summed E-state index contributed by atoms with van der Waals surface area (Å²) >= 11 is 0. The average Bonchev–Trinajstić information content (AvgIpc) is 3.07. The molecule has 0 atom stereocenters. The van der Waals surface area contributed by atoms with E-state index >= 15 is 0 Å². The molecule has 0 aliphatic heterocycles. The molecule has 0 aliphatic rings. The monoisotopic (exact) mass is 394 g/mol. The number of methoxy groups -OCH3 is 1. The van der Waals surface area contributed by atoms with Gasteiger partial charge in [-0.1, -0.05) is 42.5 Å². The molecular formula is C20H18N4O3S. The van der Waals surface area contributed by atoms with Gasteiger partial charge in [0, 0.05) is 17.1 Å². The Bertz CT molecular complexity index is 1230. The van der Waals surface area contributed by atoms with Crippen LogP contribution in [0.15, 0.2) is 71.8 Å². The van der Waals surface area contributed by atoms with Gasteiger partial charge < -0.3 is 4.74 Å². The quantitative estimate of drug-likeness (QED) is 0.561. The Morgan fingerprint density at radius 2 is 1.75 bits per heavy atom. The van der Waals surface area contributed by atoms with Gasteiger partial charge in [-0.3, -0.25) is 4.68 Å². The van der Waals surface area contributed by atoms with Gasteiger partial charge in [0.2, 0.25) is 15.9 Å². The fraction of sp³-hybridized carbons (Fsp3) is 0.100. The van der Waals surface area contributed by atoms with Crippen LogP contribution in [-0.4, -0.2) is 30.3 Å². The first kappa shape index (κ1) is 18.1. The number of hydrogen-bond acceptors (Lipinski definition) is 5. The van der Waals surface area contributed by atoms with E-state index in [1.165, 1.54) is 12.1 Å². The third kappa shape index (κ3) is 3.35. The first-order valence-corrected chi connectivity index (χ1v) is 10.1. The maximum atomic E-state index is 11.5. The zero-order valence-electron chi connectivity index (χ0n) is 15.1. The molecule has 0 saturated carbocycles. The van der Waals surface area contributed by atoms with Gasteiger partial charge in [-0.2, -0.15) is 5.10 Å². The van der Waals surface area contributed by atoms with E-state index in [1.807, 2.05) is 41.1 Å². The molecule has 0 spiro atoms. The van der Waals surface area contributed by atoms with Crippen molar-refractivity contribution in [2.75, 3.05) is 7.11 Å². The van der Waals surface area contributed by atoms with E-state index in [0.29, 0.717) is 12.4 Å². The molecule has 2 aromatic carbocycles. The Labute approximate surface area is 162 Å². The summed E-state index contributed by atoms with van der Waals surface area (Å²) in [6.07, 6.45) is 1.69. The number of aromatic nitrogens is 3. The van der Waals surface area contributed by atoms with Crippen LogP contribution in [0.3, 0.4) is 0 Å². The summed E-state index contributed by atoms with van der Waals surface area (Å²) < 4.78 is 30.2. The molecule has 0 unspecified atom stereocenters. The third-order valence-electron chi connectivity index (χ3n) is 4.45. The molecule has 0 bridgehead atoms. The Balaban J connectivity index is 1.83. The molecule has 7 nitrogen and oxygen atoms in total. The predicted molar refractivity (Wildman–Crippen MR) is 106 cm³/mol. The van der Waals surface area contributed by atoms with E-state index < -0.39 is 10.0 Å². The van der Waals surface area contributed by atoms with Crippen LogP contribution in [0.1, 0.15) is 5.56 Å². The molecule has 2 aromatic heterocycles. The zero-order chi connectivity index (χ0) is 19.7. The Hall–Kier alpha value is -3.23. The molecule has 8 heteroatoms. The van der Waals surface area contributed by atoms with Crippen LogP contribution in [0, 0.1) is 0 Å². The van der Waals surface area contributed by atoms with E-state index in [9.17, 15) is 8.42 Å². The average molecular weight is 394 g/mol. The number of hydrogen-bond donors (Lipinski definition) is 1. The van der Waals surface area contributed by atoms with E-state index in [-0.39, 0.29) is 4.90 Å². The highest BCUT2D eigenvalue weighted by molar-refractivity contribution is 7.89. The lowest BCUT2D eigenvalue weighted by Crippen LogP contribution is -2.12. The molecule has 0 fully saturated rings. The van der Waals surface area contributed by atoms with Crippen LogP contribution in [0.4, 0.5) is 0 Å². The molecule has 28 heavy (non-hydrogen) atoms. The van der Waals surface area contributed by atoms with Gasteiger partial charge in [0.05, 0.1) is 18.6 Å². The SMILES string of the molecule is COc1nccc2c(-c3ccccc3)nn(Cc3ccc(S(N)(=O)=O)cc3)c12. The number of primary sulfonamides is 1. The van der Waals surface area contributed by atoms with Crippen LogP contribution in [0.2, 0.25) is 0 Å². The van der Waals surface area contributed by atoms with Gasteiger partial charge in [0.1, 0.15) is 11.2 Å². The second-order valence-electron chi connectivity index (χ2n) is 6.28.